The van der Waals surface area contributed by atoms with Crippen LogP contribution >= 0.6 is 11.3 Å². The lowest BCUT2D eigenvalue weighted by Crippen LogP contribution is -2.03. The molecule has 172 valence electrons. The van der Waals surface area contributed by atoms with Crippen molar-refractivity contribution in [2.45, 2.75) is 0 Å². The molecule has 3 aromatic carbocycles. The average molecular weight is 482 g/mol. The minimum absolute atomic E-state index is 0.307. The van der Waals surface area contributed by atoms with E-state index in [0.717, 1.165) is 16.2 Å². The van der Waals surface area contributed by atoms with Crippen molar-refractivity contribution in [2.24, 2.45) is 0 Å². The van der Waals surface area contributed by atoms with Gasteiger partial charge in [0.2, 0.25) is 0 Å². The Morgan fingerprint density at radius 3 is 2.74 bits per heavy atom. The largest absolute Gasteiger partial charge is 0.497 e. The quantitative estimate of drug-likeness (QED) is 0.179. The summed E-state index contributed by atoms with van der Waals surface area (Å²) in [5, 5.41) is 17.9. The van der Waals surface area contributed by atoms with Gasteiger partial charge in [0.05, 0.1) is 31.2 Å². The standard InChI is InChI=1S/C27H19N3O4S/c1-32-18-8-10-25(33-2)22(11-18)29-14-17(13-28)26-30-23(15-35-26)21-12-20-19-6-4-3-5-16(19)7-9-24(20)34-27(21)31/h3-12,14-15,29H,1-2H3/b17-14+. The Morgan fingerprint density at radius 2 is 1.94 bits per heavy atom. The van der Waals surface area contributed by atoms with Crippen LogP contribution in [-0.2, 0) is 0 Å². The van der Waals surface area contributed by atoms with Crippen LogP contribution in [0.25, 0.3) is 38.6 Å². The molecule has 0 saturated heterocycles. The van der Waals surface area contributed by atoms with E-state index in [1.54, 1.807) is 56.1 Å². The summed E-state index contributed by atoms with van der Waals surface area (Å²) in [4.78, 5) is 17.3. The molecule has 0 bridgehead atoms. The summed E-state index contributed by atoms with van der Waals surface area (Å²) >= 11 is 1.27. The van der Waals surface area contributed by atoms with Crippen molar-refractivity contribution in [3.8, 4) is 28.8 Å². The molecule has 0 unspecified atom stereocenters. The molecule has 7 nitrogen and oxygen atoms in total. The number of nitrogens with zero attached hydrogens (tertiary/aromatic N) is 2. The van der Waals surface area contributed by atoms with Gasteiger partial charge in [0.15, 0.2) is 0 Å². The van der Waals surface area contributed by atoms with E-state index in [1.807, 2.05) is 30.3 Å². The van der Waals surface area contributed by atoms with Gasteiger partial charge >= 0.3 is 5.63 Å². The van der Waals surface area contributed by atoms with Gasteiger partial charge in [-0.1, -0.05) is 30.3 Å². The molecule has 0 aliphatic carbocycles. The molecule has 2 heterocycles. The van der Waals surface area contributed by atoms with E-state index >= 15 is 0 Å². The molecule has 5 rings (SSSR count). The maximum absolute atomic E-state index is 12.7. The zero-order valence-corrected chi connectivity index (χ0v) is 19.7. The van der Waals surface area contributed by atoms with Crippen LogP contribution in [0.2, 0.25) is 0 Å². The molecule has 0 aliphatic rings. The van der Waals surface area contributed by atoms with E-state index in [0.29, 0.717) is 44.6 Å². The fraction of sp³-hybridized carbons (Fsp3) is 0.0741. The zero-order valence-electron chi connectivity index (χ0n) is 18.9. The molecule has 0 fully saturated rings. The van der Waals surface area contributed by atoms with Gasteiger partial charge in [0.25, 0.3) is 0 Å². The van der Waals surface area contributed by atoms with Crippen LogP contribution in [-0.4, -0.2) is 19.2 Å². The van der Waals surface area contributed by atoms with Crippen LogP contribution < -0.4 is 20.4 Å². The Balaban J connectivity index is 1.52. The number of thiazole rings is 1. The number of fused-ring (bicyclic) bond motifs is 3. The maximum Gasteiger partial charge on any atom is 0.345 e. The predicted molar refractivity (Wildman–Crippen MR) is 138 cm³/mol. The first-order chi connectivity index (χ1) is 17.1. The second kappa shape index (κ2) is 9.33. The van der Waals surface area contributed by atoms with Crippen molar-refractivity contribution in [1.29, 1.82) is 5.26 Å². The number of nitriles is 1. The smallest absolute Gasteiger partial charge is 0.345 e. The number of hydrogen-bond donors (Lipinski definition) is 1. The van der Waals surface area contributed by atoms with Crippen molar-refractivity contribution >= 4 is 44.3 Å². The first-order valence-electron chi connectivity index (χ1n) is 10.6. The van der Waals surface area contributed by atoms with E-state index in [2.05, 4.69) is 16.4 Å². The van der Waals surface area contributed by atoms with E-state index in [4.69, 9.17) is 13.9 Å². The first-order valence-corrected chi connectivity index (χ1v) is 11.5. The monoisotopic (exact) mass is 481 g/mol. The van der Waals surface area contributed by atoms with E-state index < -0.39 is 5.63 Å². The van der Waals surface area contributed by atoms with Crippen molar-refractivity contribution in [1.82, 2.24) is 4.98 Å². The minimum atomic E-state index is -0.480. The van der Waals surface area contributed by atoms with Crippen molar-refractivity contribution < 1.29 is 13.9 Å². The molecule has 0 aliphatic heterocycles. The molecule has 0 amide bonds. The Morgan fingerprint density at radius 1 is 1.09 bits per heavy atom. The summed E-state index contributed by atoms with van der Waals surface area (Å²) < 4.78 is 16.2. The topological polar surface area (TPSA) is 97.4 Å². The van der Waals surface area contributed by atoms with E-state index in [1.165, 1.54) is 11.3 Å². The van der Waals surface area contributed by atoms with Crippen LogP contribution in [0, 0.1) is 11.3 Å². The molecular weight excluding hydrogens is 462 g/mol. The number of rotatable bonds is 6. The lowest BCUT2D eigenvalue weighted by Gasteiger charge is -2.10. The van der Waals surface area contributed by atoms with Crippen LogP contribution in [0.15, 0.2) is 81.5 Å². The highest BCUT2D eigenvalue weighted by Crippen LogP contribution is 2.31. The number of nitrogens with one attached hydrogen (secondary N) is 1. The Labute approximate surface area is 204 Å². The molecule has 0 radical (unpaired) electrons. The van der Waals surface area contributed by atoms with Crippen LogP contribution in [0.1, 0.15) is 5.01 Å². The van der Waals surface area contributed by atoms with E-state index in [9.17, 15) is 10.1 Å². The van der Waals surface area contributed by atoms with Gasteiger partial charge in [-0.15, -0.1) is 11.3 Å². The second-order valence-corrected chi connectivity index (χ2v) is 8.42. The molecular formula is C27H19N3O4S. The fourth-order valence-corrected chi connectivity index (χ4v) is 4.58. The summed E-state index contributed by atoms with van der Waals surface area (Å²) in [5.41, 5.74) is 1.78. The fourth-order valence-electron chi connectivity index (χ4n) is 3.79. The summed E-state index contributed by atoms with van der Waals surface area (Å²) in [5.74, 6) is 1.24. The van der Waals surface area contributed by atoms with Crippen LogP contribution in [0.4, 0.5) is 5.69 Å². The lowest BCUT2D eigenvalue weighted by atomic mass is 10.0. The van der Waals surface area contributed by atoms with Gasteiger partial charge < -0.3 is 19.2 Å². The van der Waals surface area contributed by atoms with Gasteiger partial charge in [-0.2, -0.15) is 5.26 Å². The molecule has 0 spiro atoms. The molecule has 8 heteroatoms. The molecule has 5 aromatic rings. The zero-order chi connectivity index (χ0) is 24.4. The number of benzene rings is 3. The normalized spacial score (nSPS) is 11.4. The third kappa shape index (κ3) is 4.21. The molecule has 0 saturated carbocycles. The number of aromatic nitrogens is 1. The second-order valence-electron chi connectivity index (χ2n) is 7.56. The summed E-state index contributed by atoms with van der Waals surface area (Å²) in [6.07, 6.45) is 1.55. The number of anilines is 1. The lowest BCUT2D eigenvalue weighted by molar-refractivity contribution is 0.405. The molecule has 0 atom stereocenters. The highest BCUT2D eigenvalue weighted by molar-refractivity contribution is 7.11. The maximum atomic E-state index is 12.7. The number of ether oxygens (including phenoxy) is 2. The summed E-state index contributed by atoms with van der Waals surface area (Å²) in [6, 6.07) is 20.9. The highest BCUT2D eigenvalue weighted by atomic mass is 32.1. The van der Waals surface area contributed by atoms with Crippen molar-refractivity contribution in [2.75, 3.05) is 19.5 Å². The van der Waals surface area contributed by atoms with Gasteiger partial charge in [-0.3, -0.25) is 0 Å². The third-order valence-corrected chi connectivity index (χ3v) is 6.43. The molecule has 1 N–H and O–H groups in total. The average Bonchev–Trinajstić information content (AvgIpc) is 3.38. The first kappa shape index (κ1) is 22.2. The van der Waals surface area contributed by atoms with E-state index in [-0.39, 0.29) is 0 Å². The number of methoxy groups -OCH3 is 2. The highest BCUT2D eigenvalue weighted by Gasteiger charge is 2.15. The molecule has 35 heavy (non-hydrogen) atoms. The SMILES string of the molecule is COc1ccc(OC)c(N/C=C(\C#N)c2nc(-c3cc4c(ccc5ccccc54)oc3=O)cs2)c1. The Hall–Kier alpha value is -4.61. The van der Waals surface area contributed by atoms with Gasteiger partial charge in [-0.25, -0.2) is 9.78 Å². The van der Waals surface area contributed by atoms with Gasteiger partial charge in [-0.05, 0) is 35.0 Å². The van der Waals surface area contributed by atoms with Crippen LogP contribution in [0.5, 0.6) is 11.5 Å². The van der Waals surface area contributed by atoms with Crippen LogP contribution in [0.3, 0.4) is 0 Å². The minimum Gasteiger partial charge on any atom is -0.497 e. The predicted octanol–water partition coefficient (Wildman–Crippen LogP) is 6.06. The van der Waals surface area contributed by atoms with Gasteiger partial charge in [0.1, 0.15) is 33.7 Å². The van der Waals surface area contributed by atoms with Crippen molar-refractivity contribution in [3.05, 3.63) is 87.7 Å². The number of allylic oxidation sites excluding steroid dienone is 1. The molecule has 2 aromatic heterocycles. The summed E-state index contributed by atoms with van der Waals surface area (Å²) in [7, 11) is 3.14. The van der Waals surface area contributed by atoms with Crippen molar-refractivity contribution in [3.63, 3.8) is 0 Å². The third-order valence-electron chi connectivity index (χ3n) is 5.55. The van der Waals surface area contributed by atoms with Gasteiger partial charge in [0, 0.05) is 23.0 Å². The Bertz CT molecular complexity index is 1690. The number of hydrogen-bond acceptors (Lipinski definition) is 8. The summed E-state index contributed by atoms with van der Waals surface area (Å²) in [6.45, 7) is 0. The Kier molecular flexibility index (Phi) is 5.92.